The van der Waals surface area contributed by atoms with Crippen LogP contribution in [0.3, 0.4) is 0 Å². The maximum Gasteiger partial charge on any atom is 0.354 e. The molecule has 0 aliphatic heterocycles. The molecule has 2 aromatic heterocycles. The number of benzene rings is 1. The fourth-order valence-corrected chi connectivity index (χ4v) is 2.18. The average Bonchev–Trinajstić information content (AvgIpc) is 2.53. The molecule has 3 rings (SSSR count). The van der Waals surface area contributed by atoms with E-state index < -0.39 is 5.97 Å². The number of carbonyl (C=O) groups is 1. The number of hydrogen-bond donors (Lipinski definition) is 1. The zero-order chi connectivity index (χ0) is 15.7. The molecule has 0 atom stereocenters. The van der Waals surface area contributed by atoms with Crippen LogP contribution in [0, 0.1) is 5.82 Å². The number of rotatable bonds is 3. The molecule has 0 radical (unpaired) electrons. The molecule has 0 amide bonds. The Labute approximate surface area is 125 Å². The Morgan fingerprint density at radius 2 is 1.82 bits per heavy atom. The first-order valence-corrected chi connectivity index (χ1v) is 6.75. The van der Waals surface area contributed by atoms with Crippen molar-refractivity contribution in [3.63, 3.8) is 0 Å². The first-order valence-electron chi connectivity index (χ1n) is 6.75. The molecule has 0 unspecified atom stereocenters. The highest BCUT2D eigenvalue weighted by Crippen LogP contribution is 2.23. The highest BCUT2D eigenvalue weighted by atomic mass is 19.1. The number of aryl methyl sites for hydroxylation is 1. The Bertz CT molecular complexity index is 863. The second kappa shape index (κ2) is 5.48. The van der Waals surface area contributed by atoms with E-state index in [1.807, 2.05) is 6.92 Å². The minimum absolute atomic E-state index is 0.0709. The lowest BCUT2D eigenvalue weighted by atomic mass is 10.1. The molecule has 0 aliphatic carbocycles. The molecular formula is C16H12FN3O2. The monoisotopic (exact) mass is 297 g/mol. The lowest BCUT2D eigenvalue weighted by molar-refractivity contribution is 0.0691. The van der Waals surface area contributed by atoms with Crippen molar-refractivity contribution < 1.29 is 14.3 Å². The molecular weight excluding hydrogens is 285 g/mol. The number of fused-ring (bicyclic) bond motifs is 1. The number of nitrogens with zero attached hydrogens (tertiary/aromatic N) is 3. The fraction of sp³-hybridized carbons (Fsp3) is 0.125. The molecule has 22 heavy (non-hydrogen) atoms. The highest BCUT2D eigenvalue weighted by Gasteiger charge is 2.13. The van der Waals surface area contributed by atoms with E-state index in [1.165, 1.54) is 18.2 Å². The summed E-state index contributed by atoms with van der Waals surface area (Å²) in [6.07, 6.45) is 0.606. The third-order valence-electron chi connectivity index (χ3n) is 3.27. The summed E-state index contributed by atoms with van der Waals surface area (Å²) in [6.45, 7) is 1.92. The Hall–Kier alpha value is -2.89. The molecule has 2 heterocycles. The molecule has 0 saturated carbocycles. The third kappa shape index (κ3) is 2.50. The maximum absolute atomic E-state index is 13.1. The molecule has 3 aromatic rings. The molecule has 0 fully saturated rings. The van der Waals surface area contributed by atoms with Crippen LogP contribution in [0.15, 0.2) is 36.4 Å². The van der Waals surface area contributed by atoms with E-state index in [0.717, 1.165) is 5.56 Å². The van der Waals surface area contributed by atoms with Gasteiger partial charge in [-0.25, -0.2) is 24.1 Å². The van der Waals surface area contributed by atoms with Crippen molar-refractivity contribution in [2.45, 2.75) is 13.3 Å². The van der Waals surface area contributed by atoms with Gasteiger partial charge in [0.25, 0.3) is 0 Å². The van der Waals surface area contributed by atoms with Crippen LogP contribution in [0.25, 0.3) is 22.4 Å². The zero-order valence-electron chi connectivity index (χ0n) is 11.7. The molecule has 0 aliphatic rings. The Morgan fingerprint density at radius 3 is 2.45 bits per heavy atom. The van der Waals surface area contributed by atoms with Gasteiger partial charge in [0, 0.05) is 5.56 Å². The lowest BCUT2D eigenvalue weighted by Crippen LogP contribution is -2.04. The Kier molecular flexibility index (Phi) is 3.50. The number of aromatic carboxylic acids is 1. The number of carboxylic acid groups (broad SMARTS) is 1. The molecule has 110 valence electrons. The summed E-state index contributed by atoms with van der Waals surface area (Å²) in [5, 5.41) is 8.98. The van der Waals surface area contributed by atoms with Crippen LogP contribution < -0.4 is 0 Å². The largest absolute Gasteiger partial charge is 0.477 e. The van der Waals surface area contributed by atoms with Gasteiger partial charge in [-0.15, -0.1) is 0 Å². The number of hydrogen-bond acceptors (Lipinski definition) is 4. The SMILES string of the molecule is CCc1nc2nc(C(=O)O)ccc2nc1-c1ccc(F)cc1. The topological polar surface area (TPSA) is 76.0 Å². The van der Waals surface area contributed by atoms with Gasteiger partial charge in [-0.2, -0.15) is 0 Å². The van der Waals surface area contributed by atoms with Gasteiger partial charge in [-0.05, 0) is 42.8 Å². The summed E-state index contributed by atoms with van der Waals surface area (Å²) in [5.74, 6) is -1.42. The molecule has 5 nitrogen and oxygen atoms in total. The van der Waals surface area contributed by atoms with E-state index in [1.54, 1.807) is 18.2 Å². The molecule has 0 saturated heterocycles. The van der Waals surface area contributed by atoms with Gasteiger partial charge in [0.05, 0.1) is 11.4 Å². The van der Waals surface area contributed by atoms with Crippen molar-refractivity contribution in [1.29, 1.82) is 0 Å². The van der Waals surface area contributed by atoms with Crippen LogP contribution in [-0.2, 0) is 6.42 Å². The van der Waals surface area contributed by atoms with Crippen LogP contribution in [0.5, 0.6) is 0 Å². The van der Waals surface area contributed by atoms with Gasteiger partial charge in [-0.1, -0.05) is 6.92 Å². The van der Waals surface area contributed by atoms with Crippen molar-refractivity contribution in [3.05, 3.63) is 53.6 Å². The zero-order valence-corrected chi connectivity index (χ0v) is 11.7. The van der Waals surface area contributed by atoms with Gasteiger partial charge in [0.1, 0.15) is 11.3 Å². The first kappa shape index (κ1) is 14.1. The Morgan fingerprint density at radius 1 is 1.09 bits per heavy atom. The second-order valence-corrected chi connectivity index (χ2v) is 4.72. The van der Waals surface area contributed by atoms with Crippen molar-refractivity contribution in [1.82, 2.24) is 15.0 Å². The number of pyridine rings is 1. The number of carboxylic acids is 1. The third-order valence-corrected chi connectivity index (χ3v) is 3.27. The highest BCUT2D eigenvalue weighted by molar-refractivity contribution is 5.88. The van der Waals surface area contributed by atoms with Crippen LogP contribution in [0.2, 0.25) is 0 Å². The number of halogens is 1. The van der Waals surface area contributed by atoms with Crippen molar-refractivity contribution in [3.8, 4) is 11.3 Å². The van der Waals surface area contributed by atoms with Gasteiger partial charge in [0.15, 0.2) is 11.3 Å². The van der Waals surface area contributed by atoms with Gasteiger partial charge in [0.2, 0.25) is 0 Å². The van der Waals surface area contributed by atoms with Crippen molar-refractivity contribution in [2.24, 2.45) is 0 Å². The first-order chi connectivity index (χ1) is 10.6. The van der Waals surface area contributed by atoms with Gasteiger partial charge in [-0.3, -0.25) is 0 Å². The molecule has 1 N–H and O–H groups in total. The van der Waals surface area contributed by atoms with E-state index in [2.05, 4.69) is 15.0 Å². The summed E-state index contributed by atoms with van der Waals surface area (Å²) in [4.78, 5) is 23.9. The maximum atomic E-state index is 13.1. The van der Waals surface area contributed by atoms with E-state index in [0.29, 0.717) is 29.0 Å². The van der Waals surface area contributed by atoms with Crippen LogP contribution >= 0.6 is 0 Å². The predicted molar refractivity (Wildman–Crippen MR) is 79.1 cm³/mol. The summed E-state index contributed by atoms with van der Waals surface area (Å²) in [6, 6.07) is 8.98. The van der Waals surface area contributed by atoms with Crippen LogP contribution in [0.4, 0.5) is 4.39 Å². The smallest absolute Gasteiger partial charge is 0.354 e. The molecule has 1 aromatic carbocycles. The molecule has 6 heteroatoms. The van der Waals surface area contributed by atoms with Crippen LogP contribution in [-0.4, -0.2) is 26.0 Å². The minimum atomic E-state index is -1.11. The van der Waals surface area contributed by atoms with E-state index in [9.17, 15) is 9.18 Å². The fourth-order valence-electron chi connectivity index (χ4n) is 2.18. The summed E-state index contributed by atoms with van der Waals surface area (Å²) < 4.78 is 13.1. The van der Waals surface area contributed by atoms with Crippen molar-refractivity contribution >= 4 is 17.1 Å². The minimum Gasteiger partial charge on any atom is -0.477 e. The van der Waals surface area contributed by atoms with Crippen LogP contribution in [0.1, 0.15) is 23.1 Å². The normalized spacial score (nSPS) is 10.8. The molecule has 0 spiro atoms. The summed E-state index contributed by atoms with van der Waals surface area (Å²) in [5.41, 5.74) is 2.83. The average molecular weight is 297 g/mol. The van der Waals surface area contributed by atoms with Gasteiger partial charge >= 0.3 is 5.97 Å². The predicted octanol–water partition coefficient (Wildman–Crippen LogP) is 3.09. The summed E-state index contributed by atoms with van der Waals surface area (Å²) in [7, 11) is 0. The Balaban J connectivity index is 2.20. The second-order valence-electron chi connectivity index (χ2n) is 4.72. The summed E-state index contributed by atoms with van der Waals surface area (Å²) >= 11 is 0. The van der Waals surface area contributed by atoms with E-state index >= 15 is 0 Å². The van der Waals surface area contributed by atoms with E-state index in [4.69, 9.17) is 5.11 Å². The lowest BCUT2D eigenvalue weighted by Gasteiger charge is -2.08. The standard InChI is InChI=1S/C16H12FN3O2/c1-2-11-14(9-3-5-10(17)6-4-9)18-12-7-8-13(16(21)22)20-15(12)19-11/h3-8H,2H2,1H3,(H,21,22). The van der Waals surface area contributed by atoms with Gasteiger partial charge < -0.3 is 5.11 Å². The molecule has 0 bridgehead atoms. The van der Waals surface area contributed by atoms with E-state index in [-0.39, 0.29) is 11.5 Å². The quantitative estimate of drug-likeness (QED) is 0.804. The number of aromatic nitrogens is 3. The van der Waals surface area contributed by atoms with Crippen molar-refractivity contribution in [2.75, 3.05) is 0 Å².